The Balaban J connectivity index is 0.000000420. The van der Waals surface area contributed by atoms with Gasteiger partial charge in [0.05, 0.1) is 17.8 Å². The molecule has 3 fully saturated rings. The summed E-state index contributed by atoms with van der Waals surface area (Å²) in [5, 5.41) is 41.5. The molecule has 3 saturated carbocycles. The van der Waals surface area contributed by atoms with E-state index in [1.54, 1.807) is 12.6 Å². The number of aliphatic imine (C=N–C) groups is 1. The Morgan fingerprint density at radius 3 is 2.51 bits per heavy atom. The number of carboxylic acid groups (broad SMARTS) is 1. The number of guanidine groups is 1. The molecule has 9 heteroatoms. The average Bonchev–Trinajstić information content (AvgIpc) is 3.26. The van der Waals surface area contributed by atoms with Crippen molar-refractivity contribution in [1.82, 2.24) is 5.32 Å². The second kappa shape index (κ2) is 16.8. The van der Waals surface area contributed by atoms with E-state index in [1.165, 1.54) is 38.5 Å². The number of carboxylic acids is 1. The number of hydrogen-bond donors (Lipinski definition) is 7. The van der Waals surface area contributed by atoms with E-state index in [1.807, 2.05) is 13.8 Å². The number of nitrogens with zero attached hydrogens (tertiary/aromatic N) is 1. The Morgan fingerprint density at radius 2 is 1.91 bits per heavy atom. The third kappa shape index (κ3) is 11.3. The van der Waals surface area contributed by atoms with Gasteiger partial charge in [0, 0.05) is 13.0 Å². The Morgan fingerprint density at radius 1 is 1.21 bits per heavy atom. The maximum atomic E-state index is 10.5. The van der Waals surface area contributed by atoms with Crippen LogP contribution in [-0.4, -0.2) is 69.8 Å². The summed E-state index contributed by atoms with van der Waals surface area (Å²) in [6.45, 7) is 13.3. The number of allylic oxidation sites excluding steroid dienone is 3. The predicted molar refractivity (Wildman–Crippen MR) is 174 cm³/mol. The van der Waals surface area contributed by atoms with E-state index in [0.717, 1.165) is 29.9 Å². The van der Waals surface area contributed by atoms with Crippen molar-refractivity contribution in [3.8, 4) is 0 Å². The van der Waals surface area contributed by atoms with E-state index < -0.39 is 29.8 Å². The van der Waals surface area contributed by atoms with Crippen molar-refractivity contribution in [3.05, 3.63) is 35.5 Å². The minimum Gasteiger partial charge on any atom is -0.480 e. The van der Waals surface area contributed by atoms with Gasteiger partial charge < -0.3 is 37.2 Å². The van der Waals surface area contributed by atoms with E-state index in [4.69, 9.17) is 16.6 Å². The molecule has 3 rings (SSSR count). The van der Waals surface area contributed by atoms with Gasteiger partial charge in [-0.05, 0) is 113 Å². The molecule has 9 nitrogen and oxygen atoms in total. The van der Waals surface area contributed by atoms with E-state index in [9.17, 15) is 20.1 Å². The molecular formula is C34H60N4O5. The summed E-state index contributed by atoms with van der Waals surface area (Å²) in [6, 6.07) is -0.519. The fourth-order valence-corrected chi connectivity index (χ4v) is 7.63. The largest absolute Gasteiger partial charge is 0.480 e. The van der Waals surface area contributed by atoms with Gasteiger partial charge in [0.2, 0.25) is 0 Å². The van der Waals surface area contributed by atoms with Crippen LogP contribution in [0.2, 0.25) is 0 Å². The topological polar surface area (TPSA) is 174 Å². The highest BCUT2D eigenvalue weighted by Crippen LogP contribution is 2.60. The lowest BCUT2D eigenvalue weighted by molar-refractivity contribution is -0.139. The van der Waals surface area contributed by atoms with Gasteiger partial charge in [-0.2, -0.15) is 0 Å². The van der Waals surface area contributed by atoms with Crippen LogP contribution >= 0.6 is 0 Å². The first-order valence-electron chi connectivity index (χ1n) is 16.2. The van der Waals surface area contributed by atoms with Crippen molar-refractivity contribution in [1.29, 1.82) is 0 Å². The van der Waals surface area contributed by atoms with Crippen molar-refractivity contribution >= 4 is 11.9 Å². The highest BCUT2D eigenvalue weighted by atomic mass is 16.4. The van der Waals surface area contributed by atoms with E-state index in [0.29, 0.717) is 49.5 Å². The summed E-state index contributed by atoms with van der Waals surface area (Å²) >= 11 is 0. The first-order valence-corrected chi connectivity index (χ1v) is 16.2. The molecule has 0 saturated heterocycles. The molecule has 0 aromatic rings. The lowest BCUT2D eigenvalue weighted by Gasteiger charge is -2.44. The predicted octanol–water partition coefficient (Wildman–Crippen LogP) is 4.42. The normalized spacial score (nSPS) is 30.7. The molecule has 246 valence electrons. The Kier molecular flexibility index (Phi) is 14.4. The van der Waals surface area contributed by atoms with E-state index in [-0.39, 0.29) is 5.96 Å². The van der Waals surface area contributed by atoms with Crippen molar-refractivity contribution in [3.63, 3.8) is 0 Å². The van der Waals surface area contributed by atoms with Crippen LogP contribution in [0.1, 0.15) is 105 Å². The molecule has 0 amide bonds. The number of nitrogens with one attached hydrogen (secondary N) is 1. The molecule has 0 aromatic carbocycles. The summed E-state index contributed by atoms with van der Waals surface area (Å²) in [5.74, 6) is 1.29. The number of hydrogen-bond acceptors (Lipinski definition) is 6. The SMILES string of the molecule is C=C1/C(=C\C=C2/CCC[C@]3(C)[C@@H]([C@H](C)CCCC(C)(C)O)CC[C@@H]23)C[C@@H](O)C[C@@H]1O.CN[C@@H](CCCN=C(N)N)C(=O)O. The lowest BCUT2D eigenvalue weighted by Crippen LogP contribution is -2.36. The maximum Gasteiger partial charge on any atom is 0.320 e. The molecule has 3 aliphatic rings. The van der Waals surface area contributed by atoms with Crippen LogP contribution in [0.5, 0.6) is 0 Å². The van der Waals surface area contributed by atoms with Crippen molar-refractivity contribution in [2.45, 2.75) is 129 Å². The van der Waals surface area contributed by atoms with Gasteiger partial charge in [0.15, 0.2) is 5.96 Å². The Bertz CT molecular complexity index is 1010. The van der Waals surface area contributed by atoms with Crippen molar-refractivity contribution < 1.29 is 25.2 Å². The zero-order chi connectivity index (χ0) is 32.4. The van der Waals surface area contributed by atoms with Gasteiger partial charge in [-0.25, -0.2) is 0 Å². The van der Waals surface area contributed by atoms with Gasteiger partial charge in [0.25, 0.3) is 0 Å². The monoisotopic (exact) mass is 604 g/mol. The summed E-state index contributed by atoms with van der Waals surface area (Å²) < 4.78 is 0. The number of rotatable bonds is 12. The second-order valence-corrected chi connectivity index (χ2v) is 14.0. The molecule has 0 bridgehead atoms. The standard InChI is InChI=1S/C27H44O3.C7H16N4O2/c1-18(8-6-14-26(3,4)30)23-12-13-24-20(9-7-15-27(23,24)5)10-11-21-16-22(28)17-25(29)19(21)2;1-10-5(6(12)13)3-2-4-11-7(8)9/h10-11,18,22-25,28-30H,2,6-9,12-17H2,1,3-5H3;5,10H,2-4H2,1H3,(H,12,13)(H4,8,9,11)/b20-10+,21-11-;/t18-,22-,23-,24+,25+,27-;5-/m10/s1. The molecule has 9 N–H and O–H groups in total. The summed E-state index contributed by atoms with van der Waals surface area (Å²) in [6.07, 6.45) is 15.0. The molecule has 0 unspecified atom stereocenters. The number of aliphatic carboxylic acids is 1. The second-order valence-electron chi connectivity index (χ2n) is 14.0. The summed E-state index contributed by atoms with van der Waals surface area (Å²) in [5.41, 5.74) is 13.4. The lowest BCUT2D eigenvalue weighted by atomic mass is 9.60. The van der Waals surface area contributed by atoms with Crippen molar-refractivity contribution in [2.24, 2.45) is 39.6 Å². The van der Waals surface area contributed by atoms with E-state index >= 15 is 0 Å². The molecule has 0 spiro atoms. The average molecular weight is 605 g/mol. The van der Waals surface area contributed by atoms with Gasteiger partial charge in [-0.1, -0.05) is 51.0 Å². The molecule has 0 aromatic heterocycles. The molecule has 0 aliphatic heterocycles. The van der Waals surface area contributed by atoms with Crippen LogP contribution in [0, 0.1) is 23.2 Å². The number of aliphatic hydroxyl groups is 3. The van der Waals surface area contributed by atoms with Crippen LogP contribution in [0.15, 0.2) is 40.4 Å². The maximum absolute atomic E-state index is 10.5. The minimum absolute atomic E-state index is 0.0383. The third-order valence-corrected chi connectivity index (χ3v) is 10.0. The number of aliphatic hydroxyl groups excluding tert-OH is 2. The Labute approximate surface area is 259 Å². The first-order chi connectivity index (χ1) is 20.1. The van der Waals surface area contributed by atoms with Crippen molar-refractivity contribution in [2.75, 3.05) is 13.6 Å². The van der Waals surface area contributed by atoms with E-state index in [2.05, 4.69) is 42.9 Å². The smallest absolute Gasteiger partial charge is 0.320 e. The molecule has 3 aliphatic carbocycles. The van der Waals surface area contributed by atoms with Gasteiger partial charge in [-0.3, -0.25) is 9.79 Å². The number of fused-ring (bicyclic) bond motifs is 1. The van der Waals surface area contributed by atoms with Crippen LogP contribution < -0.4 is 16.8 Å². The number of likely N-dealkylation sites (N-methyl/N-ethyl adjacent to an activating group) is 1. The number of nitrogens with two attached hydrogens (primary N) is 2. The minimum atomic E-state index is -0.854. The van der Waals surface area contributed by atoms with Crippen LogP contribution in [0.4, 0.5) is 0 Å². The van der Waals surface area contributed by atoms with Crippen LogP contribution in [0.25, 0.3) is 0 Å². The molecule has 43 heavy (non-hydrogen) atoms. The Hall–Kier alpha value is -2.20. The summed E-state index contributed by atoms with van der Waals surface area (Å²) in [4.78, 5) is 14.3. The molecule has 0 heterocycles. The molecule has 7 atom stereocenters. The van der Waals surface area contributed by atoms with Crippen LogP contribution in [-0.2, 0) is 4.79 Å². The zero-order valence-corrected chi connectivity index (χ0v) is 27.3. The summed E-state index contributed by atoms with van der Waals surface area (Å²) in [7, 11) is 1.61. The van der Waals surface area contributed by atoms with Crippen LogP contribution in [0.3, 0.4) is 0 Å². The van der Waals surface area contributed by atoms with Gasteiger partial charge >= 0.3 is 5.97 Å². The van der Waals surface area contributed by atoms with Gasteiger partial charge in [0.1, 0.15) is 6.04 Å². The first kappa shape index (κ1) is 37.0. The highest BCUT2D eigenvalue weighted by Gasteiger charge is 2.50. The fraction of sp³-hybridized carbons (Fsp3) is 0.765. The fourth-order valence-electron chi connectivity index (χ4n) is 7.63. The quantitative estimate of drug-likeness (QED) is 0.0973. The highest BCUT2D eigenvalue weighted by molar-refractivity contribution is 5.75. The molecule has 0 radical (unpaired) electrons. The third-order valence-electron chi connectivity index (χ3n) is 10.0. The van der Waals surface area contributed by atoms with Gasteiger partial charge in [-0.15, -0.1) is 0 Å². The molecular weight excluding hydrogens is 544 g/mol. The number of carbonyl (C=O) groups is 1. The zero-order valence-electron chi connectivity index (χ0n) is 27.3.